The predicted octanol–water partition coefficient (Wildman–Crippen LogP) is 3.32. The Balaban J connectivity index is 1.80. The number of aromatic nitrogens is 3. The Morgan fingerprint density at radius 1 is 1.47 bits per heavy atom. The van der Waals surface area contributed by atoms with Crippen LogP contribution < -0.4 is 0 Å². The highest BCUT2D eigenvalue weighted by molar-refractivity contribution is 9.10. The minimum Gasteiger partial charge on any atom is -0.221 e. The van der Waals surface area contributed by atoms with E-state index < -0.39 is 0 Å². The topological polar surface area (TPSA) is 30.2 Å². The summed E-state index contributed by atoms with van der Waals surface area (Å²) in [5.41, 5.74) is 0.926. The fourth-order valence-corrected chi connectivity index (χ4v) is 3.79. The van der Waals surface area contributed by atoms with Gasteiger partial charge in [-0.15, -0.1) is 0 Å². The number of rotatable bonds is 2. The van der Waals surface area contributed by atoms with E-state index in [9.17, 15) is 0 Å². The molecule has 5 heteroatoms. The zero-order valence-electron chi connectivity index (χ0n) is 9.47. The Kier molecular flexibility index (Phi) is 3.38. The van der Waals surface area contributed by atoms with E-state index in [-0.39, 0.29) is 0 Å². The summed E-state index contributed by atoms with van der Waals surface area (Å²) in [7, 11) is 0. The maximum absolute atomic E-state index is 4.58. The second-order valence-electron chi connectivity index (χ2n) is 4.37. The molecule has 0 spiro atoms. The SMILES string of the molecule is Brc1ccn2nc(CC3CCCCS3)nc2c1. The van der Waals surface area contributed by atoms with E-state index in [2.05, 4.69) is 37.8 Å². The Hall–Kier alpha value is -0.550. The van der Waals surface area contributed by atoms with Crippen molar-refractivity contribution in [2.75, 3.05) is 5.75 Å². The van der Waals surface area contributed by atoms with Gasteiger partial charge in [0.05, 0.1) is 0 Å². The molecule has 1 aliphatic rings. The van der Waals surface area contributed by atoms with Crippen molar-refractivity contribution in [1.82, 2.24) is 14.6 Å². The van der Waals surface area contributed by atoms with E-state index in [1.807, 2.05) is 22.8 Å². The van der Waals surface area contributed by atoms with E-state index in [0.29, 0.717) is 5.25 Å². The highest BCUT2D eigenvalue weighted by atomic mass is 79.9. The molecule has 2 aromatic rings. The first-order valence-corrected chi connectivity index (χ1v) is 7.78. The number of pyridine rings is 1. The lowest BCUT2D eigenvalue weighted by molar-refractivity contribution is 0.647. The molecule has 0 bridgehead atoms. The van der Waals surface area contributed by atoms with E-state index in [1.165, 1.54) is 25.0 Å². The third-order valence-electron chi connectivity index (χ3n) is 3.03. The molecular weight excluding hydrogens is 298 g/mol. The molecule has 2 aromatic heterocycles. The van der Waals surface area contributed by atoms with Crippen LogP contribution in [0.4, 0.5) is 0 Å². The molecule has 0 aliphatic carbocycles. The van der Waals surface area contributed by atoms with Gasteiger partial charge >= 0.3 is 0 Å². The maximum Gasteiger partial charge on any atom is 0.156 e. The van der Waals surface area contributed by atoms with Crippen LogP contribution in [0.25, 0.3) is 5.65 Å². The lowest BCUT2D eigenvalue weighted by Gasteiger charge is -2.19. The van der Waals surface area contributed by atoms with Gasteiger partial charge in [-0.25, -0.2) is 9.50 Å². The maximum atomic E-state index is 4.58. The van der Waals surface area contributed by atoms with Gasteiger partial charge < -0.3 is 0 Å². The van der Waals surface area contributed by atoms with Crippen molar-refractivity contribution in [3.8, 4) is 0 Å². The number of thioether (sulfide) groups is 1. The molecule has 17 heavy (non-hydrogen) atoms. The van der Waals surface area contributed by atoms with E-state index in [0.717, 1.165) is 22.4 Å². The molecule has 1 saturated heterocycles. The van der Waals surface area contributed by atoms with Gasteiger partial charge in [0.2, 0.25) is 0 Å². The summed E-state index contributed by atoms with van der Waals surface area (Å²) >= 11 is 5.53. The van der Waals surface area contributed by atoms with Gasteiger partial charge in [0, 0.05) is 22.3 Å². The smallest absolute Gasteiger partial charge is 0.156 e. The summed E-state index contributed by atoms with van der Waals surface area (Å²) in [4.78, 5) is 4.58. The van der Waals surface area contributed by atoms with Gasteiger partial charge in [-0.2, -0.15) is 16.9 Å². The van der Waals surface area contributed by atoms with Gasteiger partial charge in [-0.3, -0.25) is 0 Å². The molecule has 1 atom stereocenters. The average molecular weight is 312 g/mol. The lowest BCUT2D eigenvalue weighted by atomic mass is 10.1. The summed E-state index contributed by atoms with van der Waals surface area (Å²) in [6.07, 6.45) is 6.99. The van der Waals surface area contributed by atoms with Crippen LogP contribution in [-0.4, -0.2) is 25.6 Å². The van der Waals surface area contributed by atoms with Crippen LogP contribution in [0.5, 0.6) is 0 Å². The minimum absolute atomic E-state index is 0.713. The van der Waals surface area contributed by atoms with Crippen molar-refractivity contribution >= 4 is 33.3 Å². The van der Waals surface area contributed by atoms with Crippen LogP contribution in [0, 0.1) is 0 Å². The molecule has 0 radical (unpaired) electrons. The fraction of sp³-hybridized carbons (Fsp3) is 0.500. The molecule has 0 saturated carbocycles. The molecule has 3 rings (SSSR count). The first-order chi connectivity index (χ1) is 8.31. The second kappa shape index (κ2) is 4.98. The van der Waals surface area contributed by atoms with E-state index in [4.69, 9.17) is 0 Å². The van der Waals surface area contributed by atoms with Crippen LogP contribution in [0.3, 0.4) is 0 Å². The largest absolute Gasteiger partial charge is 0.221 e. The quantitative estimate of drug-likeness (QED) is 0.852. The molecule has 0 aromatic carbocycles. The fourth-order valence-electron chi connectivity index (χ4n) is 2.16. The number of halogens is 1. The van der Waals surface area contributed by atoms with Gasteiger partial charge in [0.1, 0.15) is 0 Å². The number of hydrogen-bond acceptors (Lipinski definition) is 3. The standard InChI is InChI=1S/C12H14BrN3S/c13-9-4-5-16-12(7-9)14-11(15-16)8-10-3-1-2-6-17-10/h4-5,7,10H,1-3,6,8H2. The van der Waals surface area contributed by atoms with Crippen LogP contribution in [0.1, 0.15) is 25.1 Å². The van der Waals surface area contributed by atoms with Crippen molar-refractivity contribution in [1.29, 1.82) is 0 Å². The first-order valence-electron chi connectivity index (χ1n) is 5.94. The van der Waals surface area contributed by atoms with Crippen LogP contribution in [-0.2, 0) is 6.42 Å². The number of fused-ring (bicyclic) bond motifs is 1. The predicted molar refractivity (Wildman–Crippen MR) is 74.5 cm³/mol. The molecule has 1 unspecified atom stereocenters. The molecule has 0 amide bonds. The van der Waals surface area contributed by atoms with Crippen molar-refractivity contribution in [2.45, 2.75) is 30.9 Å². The van der Waals surface area contributed by atoms with Gasteiger partial charge in [0.15, 0.2) is 11.5 Å². The lowest BCUT2D eigenvalue weighted by Crippen LogP contribution is -2.13. The molecule has 3 heterocycles. The Labute approximate surface area is 113 Å². The van der Waals surface area contributed by atoms with E-state index in [1.54, 1.807) is 0 Å². The van der Waals surface area contributed by atoms with Crippen molar-refractivity contribution in [2.24, 2.45) is 0 Å². The zero-order valence-corrected chi connectivity index (χ0v) is 11.9. The monoisotopic (exact) mass is 311 g/mol. The molecule has 0 N–H and O–H groups in total. The molecular formula is C12H14BrN3S. The summed E-state index contributed by atoms with van der Waals surface area (Å²) in [6, 6.07) is 3.99. The Morgan fingerprint density at radius 3 is 3.24 bits per heavy atom. The second-order valence-corrected chi connectivity index (χ2v) is 6.69. The molecule has 90 valence electrons. The third-order valence-corrected chi connectivity index (χ3v) is 4.92. The summed E-state index contributed by atoms with van der Waals surface area (Å²) in [6.45, 7) is 0. The summed E-state index contributed by atoms with van der Waals surface area (Å²) < 4.78 is 2.91. The van der Waals surface area contributed by atoms with Gasteiger partial charge in [0.25, 0.3) is 0 Å². The first kappa shape index (κ1) is 11.5. The van der Waals surface area contributed by atoms with Gasteiger partial charge in [-0.1, -0.05) is 22.4 Å². The van der Waals surface area contributed by atoms with Crippen LogP contribution in [0.15, 0.2) is 22.8 Å². The highest BCUT2D eigenvalue weighted by Gasteiger charge is 2.16. The molecule has 1 fully saturated rings. The van der Waals surface area contributed by atoms with E-state index >= 15 is 0 Å². The minimum atomic E-state index is 0.713. The molecule has 1 aliphatic heterocycles. The van der Waals surface area contributed by atoms with Crippen molar-refractivity contribution in [3.63, 3.8) is 0 Å². The zero-order chi connectivity index (χ0) is 11.7. The number of nitrogens with zero attached hydrogens (tertiary/aromatic N) is 3. The summed E-state index contributed by atoms with van der Waals surface area (Å²) in [5.74, 6) is 2.27. The third kappa shape index (κ3) is 2.65. The summed E-state index contributed by atoms with van der Waals surface area (Å²) in [5, 5.41) is 5.23. The van der Waals surface area contributed by atoms with Crippen LogP contribution in [0.2, 0.25) is 0 Å². The Bertz CT molecular complexity index is 519. The van der Waals surface area contributed by atoms with Crippen LogP contribution >= 0.6 is 27.7 Å². The Morgan fingerprint density at radius 2 is 2.41 bits per heavy atom. The number of hydrogen-bond donors (Lipinski definition) is 0. The highest BCUT2D eigenvalue weighted by Crippen LogP contribution is 2.27. The normalized spacial score (nSPS) is 20.9. The van der Waals surface area contributed by atoms with Crippen molar-refractivity contribution in [3.05, 3.63) is 28.6 Å². The average Bonchev–Trinajstić information content (AvgIpc) is 2.71. The van der Waals surface area contributed by atoms with Crippen molar-refractivity contribution < 1.29 is 0 Å². The molecule has 3 nitrogen and oxygen atoms in total. The van der Waals surface area contributed by atoms with Gasteiger partial charge in [-0.05, 0) is 30.7 Å².